The fourth-order valence-electron chi connectivity index (χ4n) is 5.64. The Kier molecular flexibility index (Phi) is 13.3. The number of carbonyl (C=O) groups is 1. The number of esters is 1. The van der Waals surface area contributed by atoms with Gasteiger partial charge in [0.1, 0.15) is 11.5 Å². The SMILES string of the molecule is CCCCCC[C@@H](F)C(=O)Oc1ccc(-c2cnc(-c3ccc(OCCCCCCCC4CCCC4)cc3)nc2)cc1. The quantitative estimate of drug-likeness (QED) is 0.0859. The molecule has 226 valence electrons. The summed E-state index contributed by atoms with van der Waals surface area (Å²) in [5.41, 5.74) is 2.65. The summed E-state index contributed by atoms with van der Waals surface area (Å²) >= 11 is 0. The molecule has 0 N–H and O–H groups in total. The minimum absolute atomic E-state index is 0.205. The summed E-state index contributed by atoms with van der Waals surface area (Å²) in [5, 5.41) is 0. The van der Waals surface area contributed by atoms with E-state index >= 15 is 0 Å². The first kappa shape index (κ1) is 31.7. The van der Waals surface area contributed by atoms with Crippen molar-refractivity contribution in [3.63, 3.8) is 0 Å². The zero-order chi connectivity index (χ0) is 29.4. The van der Waals surface area contributed by atoms with Crippen molar-refractivity contribution in [2.24, 2.45) is 5.92 Å². The molecular formula is C36H47FN2O3. The summed E-state index contributed by atoms with van der Waals surface area (Å²) in [4.78, 5) is 21.1. The van der Waals surface area contributed by atoms with E-state index in [9.17, 15) is 9.18 Å². The minimum atomic E-state index is -1.59. The van der Waals surface area contributed by atoms with Crippen LogP contribution in [-0.2, 0) is 4.79 Å². The second-order valence-corrected chi connectivity index (χ2v) is 11.6. The molecule has 0 saturated heterocycles. The zero-order valence-electron chi connectivity index (χ0n) is 25.2. The van der Waals surface area contributed by atoms with Crippen molar-refractivity contribution >= 4 is 5.97 Å². The molecular weight excluding hydrogens is 527 g/mol. The van der Waals surface area contributed by atoms with Crippen LogP contribution in [0, 0.1) is 5.92 Å². The van der Waals surface area contributed by atoms with Crippen LogP contribution in [-0.4, -0.2) is 28.7 Å². The highest BCUT2D eigenvalue weighted by atomic mass is 19.1. The number of hydrogen-bond acceptors (Lipinski definition) is 5. The fourth-order valence-corrected chi connectivity index (χ4v) is 5.64. The van der Waals surface area contributed by atoms with E-state index in [0.29, 0.717) is 18.0 Å². The predicted molar refractivity (Wildman–Crippen MR) is 167 cm³/mol. The molecule has 1 saturated carbocycles. The van der Waals surface area contributed by atoms with Gasteiger partial charge in [-0.2, -0.15) is 0 Å². The Hall–Kier alpha value is -3.28. The van der Waals surface area contributed by atoms with Gasteiger partial charge in [-0.15, -0.1) is 0 Å². The Morgan fingerprint density at radius 2 is 1.40 bits per heavy atom. The molecule has 42 heavy (non-hydrogen) atoms. The van der Waals surface area contributed by atoms with Gasteiger partial charge in [-0.05, 0) is 67.1 Å². The molecule has 0 spiro atoms. The number of halogens is 1. The third-order valence-electron chi connectivity index (χ3n) is 8.24. The average molecular weight is 575 g/mol. The van der Waals surface area contributed by atoms with Crippen LogP contribution < -0.4 is 9.47 Å². The van der Waals surface area contributed by atoms with Crippen LogP contribution in [0.15, 0.2) is 60.9 Å². The van der Waals surface area contributed by atoms with Crippen molar-refractivity contribution in [3.05, 3.63) is 60.9 Å². The number of alkyl halides is 1. The third kappa shape index (κ3) is 10.5. The first-order valence-electron chi connectivity index (χ1n) is 16.1. The van der Waals surface area contributed by atoms with Gasteiger partial charge in [0.15, 0.2) is 12.0 Å². The van der Waals surface area contributed by atoms with E-state index in [4.69, 9.17) is 9.47 Å². The number of hydrogen-bond donors (Lipinski definition) is 0. The third-order valence-corrected chi connectivity index (χ3v) is 8.24. The molecule has 1 aliphatic rings. The molecule has 1 aliphatic carbocycles. The first-order chi connectivity index (χ1) is 20.6. The smallest absolute Gasteiger partial charge is 0.346 e. The number of benzene rings is 2. The minimum Gasteiger partial charge on any atom is -0.494 e. The molecule has 0 amide bonds. The lowest BCUT2D eigenvalue weighted by atomic mass is 9.99. The number of rotatable bonds is 18. The molecule has 2 aromatic carbocycles. The second-order valence-electron chi connectivity index (χ2n) is 11.6. The Bertz CT molecular complexity index is 1180. The average Bonchev–Trinajstić information content (AvgIpc) is 3.55. The van der Waals surface area contributed by atoms with Gasteiger partial charge < -0.3 is 9.47 Å². The van der Waals surface area contributed by atoms with Crippen molar-refractivity contribution < 1.29 is 18.7 Å². The highest BCUT2D eigenvalue weighted by Crippen LogP contribution is 2.29. The van der Waals surface area contributed by atoms with Crippen molar-refractivity contribution in [2.45, 2.75) is 109 Å². The number of nitrogens with zero attached hydrogens (tertiary/aromatic N) is 2. The molecule has 0 bridgehead atoms. The molecule has 4 rings (SSSR count). The maximum Gasteiger partial charge on any atom is 0.346 e. The topological polar surface area (TPSA) is 61.3 Å². The molecule has 3 aromatic rings. The van der Waals surface area contributed by atoms with Crippen LogP contribution in [0.25, 0.3) is 22.5 Å². The summed E-state index contributed by atoms with van der Waals surface area (Å²) in [5.74, 6) is 2.02. The van der Waals surface area contributed by atoms with E-state index in [2.05, 4.69) is 16.9 Å². The molecule has 1 atom stereocenters. The molecule has 5 nitrogen and oxygen atoms in total. The van der Waals surface area contributed by atoms with E-state index in [1.54, 1.807) is 24.5 Å². The molecule has 0 unspecified atom stereocenters. The summed E-state index contributed by atoms with van der Waals surface area (Å²) in [6.45, 7) is 2.85. The van der Waals surface area contributed by atoms with E-state index in [-0.39, 0.29) is 6.42 Å². The molecule has 1 fully saturated rings. The number of ether oxygens (including phenoxy) is 2. The van der Waals surface area contributed by atoms with Crippen LogP contribution in [0.5, 0.6) is 11.5 Å². The molecule has 0 aliphatic heterocycles. The van der Waals surface area contributed by atoms with Crippen LogP contribution in [0.4, 0.5) is 4.39 Å². The van der Waals surface area contributed by atoms with Gasteiger partial charge in [0.25, 0.3) is 0 Å². The fraction of sp³-hybridized carbons (Fsp3) is 0.528. The van der Waals surface area contributed by atoms with Crippen molar-refractivity contribution in [2.75, 3.05) is 6.61 Å². The standard InChI is InChI=1S/C36H47FN2O3/c1-2-3-4-9-16-34(37)36(40)42-33-23-17-29(18-24-33)31-26-38-35(39-27-31)30-19-21-32(22-20-30)41-25-12-7-5-6-8-13-28-14-10-11-15-28/h17-24,26-28,34H,2-16,25H2,1H3/t34-/m1/s1. The van der Waals surface area contributed by atoms with Gasteiger partial charge >= 0.3 is 5.97 Å². The largest absolute Gasteiger partial charge is 0.494 e. The molecule has 6 heteroatoms. The van der Waals surface area contributed by atoms with Gasteiger partial charge in [-0.1, -0.05) is 96.1 Å². The van der Waals surface area contributed by atoms with E-state index in [1.807, 2.05) is 36.4 Å². The second kappa shape index (κ2) is 17.6. The van der Waals surface area contributed by atoms with Gasteiger partial charge in [0, 0.05) is 23.5 Å². The molecule has 1 aromatic heterocycles. The zero-order valence-corrected chi connectivity index (χ0v) is 25.2. The Morgan fingerprint density at radius 3 is 2.12 bits per heavy atom. The number of aromatic nitrogens is 2. The highest BCUT2D eigenvalue weighted by Gasteiger charge is 2.19. The monoisotopic (exact) mass is 574 g/mol. The van der Waals surface area contributed by atoms with E-state index in [1.165, 1.54) is 57.8 Å². The van der Waals surface area contributed by atoms with Crippen LogP contribution in [0.3, 0.4) is 0 Å². The van der Waals surface area contributed by atoms with E-state index < -0.39 is 12.1 Å². The highest BCUT2D eigenvalue weighted by molar-refractivity contribution is 5.77. The predicted octanol–water partition coefficient (Wildman–Crippen LogP) is 9.93. The van der Waals surface area contributed by atoms with Gasteiger partial charge in [-0.3, -0.25) is 0 Å². The summed E-state index contributed by atoms with van der Waals surface area (Å²) in [6.07, 6.45) is 19.5. The van der Waals surface area contributed by atoms with Crippen LogP contribution >= 0.6 is 0 Å². The normalized spacial score (nSPS) is 14.1. The van der Waals surface area contributed by atoms with Gasteiger partial charge in [0.2, 0.25) is 0 Å². The maximum atomic E-state index is 14.1. The van der Waals surface area contributed by atoms with Crippen molar-refractivity contribution in [1.29, 1.82) is 0 Å². The Morgan fingerprint density at radius 1 is 0.786 bits per heavy atom. The molecule has 0 radical (unpaired) electrons. The number of unbranched alkanes of at least 4 members (excludes halogenated alkanes) is 7. The Balaban J connectivity index is 1.16. The maximum absolute atomic E-state index is 14.1. The summed E-state index contributed by atoms with van der Waals surface area (Å²) in [6, 6.07) is 14.9. The lowest BCUT2D eigenvalue weighted by Gasteiger charge is -2.09. The van der Waals surface area contributed by atoms with Crippen LogP contribution in [0.1, 0.15) is 103 Å². The Labute approximate surface area is 251 Å². The summed E-state index contributed by atoms with van der Waals surface area (Å²) < 4.78 is 25.3. The van der Waals surface area contributed by atoms with Crippen molar-refractivity contribution in [3.8, 4) is 34.0 Å². The van der Waals surface area contributed by atoms with Crippen molar-refractivity contribution in [1.82, 2.24) is 9.97 Å². The lowest BCUT2D eigenvalue weighted by Crippen LogP contribution is -2.21. The van der Waals surface area contributed by atoms with Gasteiger partial charge in [-0.25, -0.2) is 19.2 Å². The molecule has 1 heterocycles. The summed E-state index contributed by atoms with van der Waals surface area (Å²) in [7, 11) is 0. The van der Waals surface area contributed by atoms with E-state index in [0.717, 1.165) is 60.6 Å². The van der Waals surface area contributed by atoms with Crippen LogP contribution in [0.2, 0.25) is 0 Å². The van der Waals surface area contributed by atoms with Gasteiger partial charge in [0.05, 0.1) is 6.61 Å². The lowest BCUT2D eigenvalue weighted by molar-refractivity contribution is -0.140. The number of carbonyl (C=O) groups excluding carboxylic acids is 1. The first-order valence-corrected chi connectivity index (χ1v) is 16.1.